The average molecular weight is 230 g/mol. The van der Waals surface area contributed by atoms with Crippen LogP contribution in [0, 0.1) is 18.3 Å². The van der Waals surface area contributed by atoms with E-state index in [0.29, 0.717) is 12.1 Å². The smallest absolute Gasteiger partial charge is 0.109 e. The lowest BCUT2D eigenvalue weighted by Gasteiger charge is -2.22. The molecule has 17 heavy (non-hydrogen) atoms. The van der Waals surface area contributed by atoms with Gasteiger partial charge in [0.2, 0.25) is 0 Å². The predicted molar refractivity (Wildman–Crippen MR) is 64.4 cm³/mol. The lowest BCUT2D eigenvalue weighted by Crippen LogP contribution is -2.43. The highest BCUT2D eigenvalue weighted by molar-refractivity contribution is 5.15. The maximum absolute atomic E-state index is 9.42. The Labute approximate surface area is 102 Å². The van der Waals surface area contributed by atoms with Crippen LogP contribution >= 0.6 is 0 Å². The molecule has 0 amide bonds. The summed E-state index contributed by atoms with van der Waals surface area (Å²) in [5.74, 6) is 0. The van der Waals surface area contributed by atoms with Gasteiger partial charge in [-0.05, 0) is 38.2 Å². The van der Waals surface area contributed by atoms with Crippen LogP contribution in [0.4, 0.5) is 0 Å². The first-order valence-electron chi connectivity index (χ1n) is 6.40. The number of nitrogens with zero attached hydrogens (tertiary/aromatic N) is 3. The Balaban J connectivity index is 1.73. The van der Waals surface area contributed by atoms with Crippen LogP contribution in [0.15, 0.2) is 12.4 Å². The minimum absolute atomic E-state index is 0.300. The van der Waals surface area contributed by atoms with Gasteiger partial charge in [0.1, 0.15) is 5.54 Å². The summed E-state index contributed by atoms with van der Waals surface area (Å²) in [6, 6.07) is 3.48. The second-order valence-corrected chi connectivity index (χ2v) is 5.51. The zero-order chi connectivity index (χ0) is 11.9. The molecule has 0 radical (unpaired) electrons. The summed E-state index contributed by atoms with van der Waals surface area (Å²) in [5.41, 5.74) is 0.890. The lowest BCUT2D eigenvalue weighted by molar-refractivity contribution is 0.385. The molecule has 2 fully saturated rings. The highest BCUT2D eigenvalue weighted by Gasteiger charge is 2.43. The summed E-state index contributed by atoms with van der Waals surface area (Å²) >= 11 is 0. The second-order valence-electron chi connectivity index (χ2n) is 5.51. The molecule has 4 heteroatoms. The predicted octanol–water partition coefficient (Wildman–Crippen LogP) is 1.93. The minimum atomic E-state index is -0.300. The van der Waals surface area contributed by atoms with E-state index in [0.717, 1.165) is 19.3 Å². The van der Waals surface area contributed by atoms with Crippen LogP contribution in [0.5, 0.6) is 0 Å². The molecular weight excluding hydrogens is 212 g/mol. The van der Waals surface area contributed by atoms with E-state index in [-0.39, 0.29) is 5.54 Å². The van der Waals surface area contributed by atoms with Crippen molar-refractivity contribution in [3.8, 4) is 6.07 Å². The van der Waals surface area contributed by atoms with Crippen LogP contribution in [-0.2, 0) is 0 Å². The molecule has 2 aliphatic rings. The van der Waals surface area contributed by atoms with Gasteiger partial charge < -0.3 is 0 Å². The number of hydrogen-bond acceptors (Lipinski definition) is 3. The standard InChI is InChI=1S/C13H18N4/c1-10-7-15-17(8-10)12-4-5-13(6-12,9-14)16-11-2-3-11/h7-8,11-12,16H,2-6H2,1H3. The maximum atomic E-state index is 9.42. The number of nitrogens with one attached hydrogen (secondary N) is 1. The Morgan fingerprint density at radius 3 is 2.94 bits per heavy atom. The van der Waals surface area contributed by atoms with Gasteiger partial charge in [-0.15, -0.1) is 0 Å². The number of rotatable bonds is 3. The molecule has 0 spiro atoms. The molecule has 4 nitrogen and oxygen atoms in total. The van der Waals surface area contributed by atoms with Gasteiger partial charge in [0.05, 0.1) is 18.3 Å². The lowest BCUT2D eigenvalue weighted by atomic mass is 9.99. The van der Waals surface area contributed by atoms with E-state index in [9.17, 15) is 5.26 Å². The van der Waals surface area contributed by atoms with Crippen molar-refractivity contribution in [2.24, 2.45) is 0 Å². The van der Waals surface area contributed by atoms with Crippen LogP contribution in [-0.4, -0.2) is 21.4 Å². The summed E-state index contributed by atoms with van der Waals surface area (Å²) in [6.45, 7) is 2.05. The number of aromatic nitrogens is 2. The minimum Gasteiger partial charge on any atom is -0.297 e. The highest BCUT2D eigenvalue weighted by atomic mass is 15.3. The van der Waals surface area contributed by atoms with Crippen molar-refractivity contribution in [2.45, 2.75) is 56.7 Å². The largest absolute Gasteiger partial charge is 0.297 e. The van der Waals surface area contributed by atoms with Crippen LogP contribution < -0.4 is 5.32 Å². The highest BCUT2D eigenvalue weighted by Crippen LogP contribution is 2.39. The van der Waals surface area contributed by atoms with Crippen LogP contribution in [0.1, 0.15) is 43.7 Å². The third kappa shape index (κ3) is 2.07. The van der Waals surface area contributed by atoms with Gasteiger partial charge in [-0.3, -0.25) is 10.00 Å². The second kappa shape index (κ2) is 3.85. The van der Waals surface area contributed by atoms with E-state index in [2.05, 4.69) is 29.6 Å². The first-order chi connectivity index (χ1) is 8.21. The van der Waals surface area contributed by atoms with Gasteiger partial charge in [0, 0.05) is 18.7 Å². The molecule has 0 saturated heterocycles. The zero-order valence-electron chi connectivity index (χ0n) is 10.2. The fourth-order valence-electron chi connectivity index (χ4n) is 2.76. The van der Waals surface area contributed by atoms with E-state index in [1.54, 1.807) is 0 Å². The van der Waals surface area contributed by atoms with E-state index in [1.165, 1.54) is 18.4 Å². The molecule has 0 aromatic carbocycles. The maximum Gasteiger partial charge on any atom is 0.109 e. The van der Waals surface area contributed by atoms with Gasteiger partial charge in [0.15, 0.2) is 0 Å². The molecule has 2 atom stereocenters. The molecule has 2 unspecified atom stereocenters. The third-order valence-corrected chi connectivity index (χ3v) is 3.86. The fourth-order valence-corrected chi connectivity index (χ4v) is 2.76. The Bertz CT molecular complexity index is 454. The topological polar surface area (TPSA) is 53.6 Å². The molecule has 1 aromatic heterocycles. The monoisotopic (exact) mass is 230 g/mol. The molecule has 1 N–H and O–H groups in total. The van der Waals surface area contributed by atoms with E-state index in [4.69, 9.17) is 0 Å². The molecule has 0 bridgehead atoms. The van der Waals surface area contributed by atoms with Crippen molar-refractivity contribution < 1.29 is 0 Å². The van der Waals surface area contributed by atoms with Crippen molar-refractivity contribution in [2.75, 3.05) is 0 Å². The fraction of sp³-hybridized carbons (Fsp3) is 0.692. The quantitative estimate of drug-likeness (QED) is 0.863. The van der Waals surface area contributed by atoms with Gasteiger partial charge >= 0.3 is 0 Å². The first kappa shape index (κ1) is 10.8. The molecule has 0 aliphatic heterocycles. The third-order valence-electron chi connectivity index (χ3n) is 3.86. The number of aryl methyl sites for hydroxylation is 1. The normalized spacial score (nSPS) is 32.6. The SMILES string of the molecule is Cc1cnn(C2CCC(C#N)(NC3CC3)C2)c1. The van der Waals surface area contributed by atoms with Gasteiger partial charge in [-0.1, -0.05) is 0 Å². The Morgan fingerprint density at radius 2 is 2.35 bits per heavy atom. The van der Waals surface area contributed by atoms with Crippen LogP contribution in [0.3, 0.4) is 0 Å². The number of hydrogen-bond donors (Lipinski definition) is 1. The Kier molecular flexibility index (Phi) is 2.44. The molecule has 1 aromatic rings. The van der Waals surface area contributed by atoms with Crippen molar-refractivity contribution in [1.29, 1.82) is 5.26 Å². The average Bonchev–Trinajstić information content (AvgIpc) is 2.86. The van der Waals surface area contributed by atoms with E-state index < -0.39 is 0 Å². The summed E-state index contributed by atoms with van der Waals surface area (Å²) < 4.78 is 2.03. The van der Waals surface area contributed by atoms with Crippen molar-refractivity contribution in [1.82, 2.24) is 15.1 Å². The summed E-state index contributed by atoms with van der Waals surface area (Å²) in [5, 5.41) is 17.3. The Hall–Kier alpha value is -1.34. The molecule has 1 heterocycles. The van der Waals surface area contributed by atoms with E-state index in [1.807, 2.05) is 10.9 Å². The molecule has 3 rings (SSSR count). The van der Waals surface area contributed by atoms with Crippen LogP contribution in [0.2, 0.25) is 0 Å². The van der Waals surface area contributed by atoms with Gasteiger partial charge in [-0.25, -0.2) is 0 Å². The summed E-state index contributed by atoms with van der Waals surface area (Å²) in [6.07, 6.45) is 9.32. The zero-order valence-corrected chi connectivity index (χ0v) is 10.2. The van der Waals surface area contributed by atoms with E-state index >= 15 is 0 Å². The van der Waals surface area contributed by atoms with Gasteiger partial charge in [-0.2, -0.15) is 10.4 Å². The summed E-state index contributed by atoms with van der Waals surface area (Å²) in [4.78, 5) is 0. The van der Waals surface area contributed by atoms with Gasteiger partial charge in [0.25, 0.3) is 0 Å². The molecule has 2 saturated carbocycles. The van der Waals surface area contributed by atoms with Crippen LogP contribution in [0.25, 0.3) is 0 Å². The molecule has 2 aliphatic carbocycles. The number of nitriles is 1. The van der Waals surface area contributed by atoms with Crippen molar-refractivity contribution in [3.05, 3.63) is 18.0 Å². The summed E-state index contributed by atoms with van der Waals surface area (Å²) in [7, 11) is 0. The van der Waals surface area contributed by atoms with Crippen molar-refractivity contribution >= 4 is 0 Å². The molecule has 90 valence electrons. The molecular formula is C13H18N4. The first-order valence-corrected chi connectivity index (χ1v) is 6.40. The van der Waals surface area contributed by atoms with Crippen molar-refractivity contribution in [3.63, 3.8) is 0 Å². The Morgan fingerprint density at radius 1 is 1.53 bits per heavy atom.